The molecule has 2 heterocycles. The average Bonchev–Trinajstić information content (AvgIpc) is 3.32. The number of likely N-dealkylation sites (N-methyl/N-ethyl adjacent to an activating group) is 1. The lowest BCUT2D eigenvalue weighted by molar-refractivity contribution is -0.119. The molecule has 3 aromatic rings. The molecule has 3 N–H and O–H groups in total. The van der Waals surface area contributed by atoms with Gasteiger partial charge in [0.1, 0.15) is 5.75 Å². The molecule has 0 saturated heterocycles. The number of benzene rings is 1. The van der Waals surface area contributed by atoms with E-state index in [1.165, 1.54) is 13.1 Å². The summed E-state index contributed by atoms with van der Waals surface area (Å²) in [5, 5.41) is 8.80. The van der Waals surface area contributed by atoms with Gasteiger partial charge in [-0.25, -0.2) is 4.79 Å². The van der Waals surface area contributed by atoms with Crippen LogP contribution in [0.2, 0.25) is 5.02 Å². The maximum atomic E-state index is 11.8. The summed E-state index contributed by atoms with van der Waals surface area (Å²) in [6.07, 6.45) is 1.63. The zero-order valence-electron chi connectivity index (χ0n) is 22.1. The van der Waals surface area contributed by atoms with Crippen LogP contribution in [0.25, 0.3) is 11.4 Å². The third-order valence-electron chi connectivity index (χ3n) is 3.87. The zero-order valence-corrected chi connectivity index (χ0v) is 22.8. The number of aromatic nitrogens is 3. The number of aromatic amines is 1. The molecule has 0 saturated carbocycles. The molecule has 0 aliphatic rings. The quantitative estimate of drug-likeness (QED) is 0.437. The highest BCUT2D eigenvalue weighted by molar-refractivity contribution is 6.32. The van der Waals surface area contributed by atoms with Gasteiger partial charge in [-0.15, -0.1) is 0 Å². The van der Waals surface area contributed by atoms with E-state index in [-0.39, 0.29) is 24.5 Å². The Labute approximate surface area is 216 Å². The molecule has 1 aromatic carbocycles. The van der Waals surface area contributed by atoms with Crippen LogP contribution in [0.4, 0.5) is 0 Å². The van der Waals surface area contributed by atoms with Crippen molar-refractivity contribution in [2.75, 3.05) is 13.6 Å². The van der Waals surface area contributed by atoms with Crippen molar-refractivity contribution in [1.29, 1.82) is 0 Å². The number of pyridine rings is 1. The number of carbonyl (C=O) groups is 2. The summed E-state index contributed by atoms with van der Waals surface area (Å²) >= 11 is 6.02. The van der Waals surface area contributed by atoms with Crippen molar-refractivity contribution >= 4 is 23.4 Å². The fraction of sp³-hybridized carbons (Fsp3) is 0.400. The van der Waals surface area contributed by atoms with Gasteiger partial charge in [-0.1, -0.05) is 44.5 Å². The fourth-order valence-corrected chi connectivity index (χ4v) is 2.53. The van der Waals surface area contributed by atoms with Gasteiger partial charge < -0.3 is 15.4 Å². The topological polar surface area (TPSA) is 139 Å². The molecule has 0 fully saturated rings. The van der Waals surface area contributed by atoms with E-state index < -0.39 is 5.76 Å². The van der Waals surface area contributed by atoms with E-state index in [0.29, 0.717) is 22.2 Å². The highest BCUT2D eigenvalue weighted by atomic mass is 35.5. The third kappa shape index (κ3) is 11.7. The van der Waals surface area contributed by atoms with E-state index in [4.69, 9.17) is 16.3 Å². The number of aryl methyl sites for hydroxylation is 1. The molecule has 2 aromatic heterocycles. The molecule has 0 aliphatic heterocycles. The Morgan fingerprint density at radius 2 is 1.81 bits per heavy atom. The summed E-state index contributed by atoms with van der Waals surface area (Å²) < 4.78 is 9.83. The molecule has 3 rings (SSSR count). The minimum atomic E-state index is -0.560. The number of hydrogen-bond acceptors (Lipinski definition) is 7. The van der Waals surface area contributed by atoms with E-state index in [1.54, 1.807) is 18.3 Å². The van der Waals surface area contributed by atoms with Gasteiger partial charge in [0.2, 0.25) is 5.91 Å². The van der Waals surface area contributed by atoms with Gasteiger partial charge in [0.25, 0.3) is 5.91 Å². The third-order valence-corrected chi connectivity index (χ3v) is 4.17. The summed E-state index contributed by atoms with van der Waals surface area (Å²) in [7, 11) is 1.50. The van der Waals surface area contributed by atoms with Crippen LogP contribution in [-0.2, 0) is 4.79 Å². The van der Waals surface area contributed by atoms with Crippen molar-refractivity contribution in [1.82, 2.24) is 25.8 Å². The number of halogens is 1. The molecule has 2 amide bonds. The maximum absolute atomic E-state index is 11.8. The first-order valence-electron chi connectivity index (χ1n) is 11.6. The predicted molar refractivity (Wildman–Crippen MR) is 141 cm³/mol. The van der Waals surface area contributed by atoms with E-state index in [0.717, 1.165) is 11.3 Å². The second kappa shape index (κ2) is 17.7. The lowest BCUT2D eigenvalue weighted by Gasteiger charge is -2.12. The lowest BCUT2D eigenvalue weighted by atomic mass is 10.2. The molecule has 0 bridgehead atoms. The maximum Gasteiger partial charge on any atom is 0.439 e. The zero-order chi connectivity index (χ0) is 27.7. The number of carbonyl (C=O) groups excluding carboxylic acids is 2. The summed E-state index contributed by atoms with van der Waals surface area (Å²) in [6, 6.07) is 8.40. The Hall–Kier alpha value is -3.66. The average molecular weight is 522 g/mol. The molecule has 198 valence electrons. The first-order valence-corrected chi connectivity index (χ1v) is 12.0. The van der Waals surface area contributed by atoms with Crippen LogP contribution >= 0.6 is 11.6 Å². The first-order chi connectivity index (χ1) is 17.2. The molecule has 0 spiro atoms. The van der Waals surface area contributed by atoms with Gasteiger partial charge in [-0.3, -0.25) is 24.1 Å². The molecule has 0 unspecified atom stereocenters. The van der Waals surface area contributed by atoms with Crippen LogP contribution in [0.1, 0.15) is 57.6 Å². The van der Waals surface area contributed by atoms with Crippen LogP contribution in [0.15, 0.2) is 45.8 Å². The van der Waals surface area contributed by atoms with Crippen LogP contribution in [0, 0.1) is 6.92 Å². The molecular weight excluding hydrogens is 486 g/mol. The van der Waals surface area contributed by atoms with Crippen molar-refractivity contribution in [2.24, 2.45) is 0 Å². The van der Waals surface area contributed by atoms with E-state index >= 15 is 0 Å². The SMILES string of the molecule is CC.CC.CNC(=O)CNC(=O)c1ccc(OC(C)C)c(Cl)c1.Cc1ccc(-c2noc(=O)[nH]2)cn1. The number of ether oxygens (including phenoxy) is 1. The van der Waals surface area contributed by atoms with Crippen LogP contribution < -0.4 is 21.1 Å². The number of hydrogen-bond donors (Lipinski definition) is 3. The lowest BCUT2D eigenvalue weighted by Crippen LogP contribution is -2.35. The number of rotatable bonds is 6. The van der Waals surface area contributed by atoms with Crippen molar-refractivity contribution < 1.29 is 18.8 Å². The highest BCUT2D eigenvalue weighted by Crippen LogP contribution is 2.26. The van der Waals surface area contributed by atoms with Gasteiger partial charge in [0.15, 0.2) is 5.82 Å². The van der Waals surface area contributed by atoms with Gasteiger partial charge in [-0.2, -0.15) is 0 Å². The first kappa shape index (κ1) is 32.3. The molecule has 0 atom stereocenters. The Morgan fingerprint density at radius 1 is 1.14 bits per heavy atom. The largest absolute Gasteiger partial charge is 0.489 e. The number of H-pyrrole nitrogens is 1. The predicted octanol–water partition coefficient (Wildman–Crippen LogP) is 4.39. The molecular formula is C25H36ClN5O5. The normalized spacial score (nSPS) is 9.39. The van der Waals surface area contributed by atoms with Crippen LogP contribution in [0.5, 0.6) is 5.75 Å². The summed E-state index contributed by atoms with van der Waals surface area (Å²) in [4.78, 5) is 39.9. The highest BCUT2D eigenvalue weighted by Gasteiger charge is 2.11. The Bertz CT molecular complexity index is 1110. The number of nitrogens with zero attached hydrogens (tertiary/aromatic N) is 2. The van der Waals surface area contributed by atoms with E-state index in [9.17, 15) is 14.4 Å². The molecule has 11 heteroatoms. The summed E-state index contributed by atoms with van der Waals surface area (Å²) in [5.41, 5.74) is 2.02. The molecule has 0 radical (unpaired) electrons. The van der Waals surface area contributed by atoms with Crippen molar-refractivity contribution in [3.8, 4) is 17.1 Å². The molecule has 36 heavy (non-hydrogen) atoms. The minimum absolute atomic E-state index is 0.00502. The van der Waals surface area contributed by atoms with Crippen molar-refractivity contribution in [2.45, 2.75) is 54.6 Å². The summed E-state index contributed by atoms with van der Waals surface area (Å²) in [5.74, 6) is -0.256. The van der Waals surface area contributed by atoms with Gasteiger partial charge in [0, 0.05) is 30.1 Å². The van der Waals surface area contributed by atoms with Crippen LogP contribution in [-0.4, -0.2) is 46.6 Å². The molecule has 10 nitrogen and oxygen atoms in total. The molecule has 0 aliphatic carbocycles. The van der Waals surface area contributed by atoms with E-state index in [2.05, 4.69) is 30.3 Å². The van der Waals surface area contributed by atoms with Gasteiger partial charge in [-0.05, 0) is 51.1 Å². The van der Waals surface area contributed by atoms with Crippen molar-refractivity contribution in [3.05, 3.63) is 63.4 Å². The van der Waals surface area contributed by atoms with E-state index in [1.807, 2.05) is 60.6 Å². The second-order valence-corrected chi connectivity index (χ2v) is 7.21. The van der Waals surface area contributed by atoms with Gasteiger partial charge >= 0.3 is 5.76 Å². The number of nitrogens with one attached hydrogen (secondary N) is 3. The Kier molecular flexibility index (Phi) is 15.9. The summed E-state index contributed by atoms with van der Waals surface area (Å²) in [6.45, 7) is 13.6. The van der Waals surface area contributed by atoms with Crippen LogP contribution in [0.3, 0.4) is 0 Å². The van der Waals surface area contributed by atoms with Crippen molar-refractivity contribution in [3.63, 3.8) is 0 Å². The van der Waals surface area contributed by atoms with Gasteiger partial charge in [0.05, 0.1) is 17.7 Å². The fourth-order valence-electron chi connectivity index (χ4n) is 2.30. The Morgan fingerprint density at radius 3 is 2.28 bits per heavy atom. The second-order valence-electron chi connectivity index (χ2n) is 6.80. The monoisotopic (exact) mass is 521 g/mol. The minimum Gasteiger partial charge on any atom is -0.489 e. The number of amides is 2. The Balaban J connectivity index is 0.000000625. The smallest absolute Gasteiger partial charge is 0.439 e. The standard InChI is InChI=1S/C13H17ClN2O3.C8H7N3O2.2C2H6/c1-8(2)19-11-5-4-9(6-10(11)14)13(18)16-7-12(17)15-3;1-5-2-3-6(4-9-5)7-10-8(12)13-11-7;2*1-2/h4-6,8H,7H2,1-3H3,(H,15,17)(H,16,18);2-4H,1H3,(H,10,11,12);2*1-2H3.